The van der Waals surface area contributed by atoms with E-state index in [4.69, 9.17) is 4.74 Å². The Bertz CT molecular complexity index is 971. The van der Waals surface area contributed by atoms with Gasteiger partial charge in [0, 0.05) is 22.3 Å². The van der Waals surface area contributed by atoms with Gasteiger partial charge < -0.3 is 15.4 Å². The number of anilines is 2. The smallest absolute Gasteiger partial charge is 0.255 e. The third-order valence-corrected chi connectivity index (χ3v) is 5.85. The van der Waals surface area contributed by atoms with Crippen LogP contribution >= 0.6 is 23.1 Å². The minimum atomic E-state index is -0.253. The average molecular weight is 414 g/mol. The Labute approximate surface area is 171 Å². The van der Waals surface area contributed by atoms with Gasteiger partial charge in [0.25, 0.3) is 5.91 Å². The van der Waals surface area contributed by atoms with E-state index < -0.39 is 0 Å². The minimum absolute atomic E-state index is 0.121. The van der Waals surface area contributed by atoms with Crippen LogP contribution in [0.15, 0.2) is 58.3 Å². The number of carbonyl (C=O) groups is 2. The first-order chi connectivity index (χ1) is 13.5. The fraction of sp³-hybridized carbons (Fsp3) is 0.150. The number of benzene rings is 2. The standard InChI is InChI=1S/C20H19N3O3S2/c1-13-11-27-20(21-13)28-12-18(24)22-15-9-7-14(8-10-15)19(25)23-16-5-3-4-6-17(16)26-2/h3-11H,12H2,1-2H3,(H,22,24)(H,23,25). The van der Waals surface area contributed by atoms with Crippen LogP contribution in [0.25, 0.3) is 0 Å². The van der Waals surface area contributed by atoms with Gasteiger partial charge in [-0.15, -0.1) is 11.3 Å². The van der Waals surface area contributed by atoms with Crippen LogP contribution in [0.1, 0.15) is 16.1 Å². The van der Waals surface area contributed by atoms with Gasteiger partial charge in [-0.3, -0.25) is 9.59 Å². The molecule has 2 amide bonds. The zero-order valence-corrected chi connectivity index (χ0v) is 17.0. The zero-order chi connectivity index (χ0) is 19.9. The molecule has 0 aliphatic rings. The van der Waals surface area contributed by atoms with Crippen LogP contribution in [0.4, 0.5) is 11.4 Å². The van der Waals surface area contributed by atoms with Crippen molar-refractivity contribution in [1.29, 1.82) is 0 Å². The summed E-state index contributed by atoms with van der Waals surface area (Å²) in [5, 5.41) is 7.59. The molecule has 0 saturated heterocycles. The van der Waals surface area contributed by atoms with Gasteiger partial charge in [-0.2, -0.15) is 0 Å². The number of nitrogens with one attached hydrogen (secondary N) is 2. The number of carbonyl (C=O) groups excluding carboxylic acids is 2. The van der Waals surface area contributed by atoms with E-state index in [1.165, 1.54) is 23.1 Å². The van der Waals surface area contributed by atoms with Crippen molar-refractivity contribution >= 4 is 46.3 Å². The number of aromatic nitrogens is 1. The molecule has 2 aromatic carbocycles. The maximum absolute atomic E-state index is 12.4. The molecule has 0 unspecified atom stereocenters. The average Bonchev–Trinajstić information content (AvgIpc) is 3.12. The first-order valence-electron chi connectivity index (χ1n) is 8.44. The molecule has 3 rings (SSSR count). The molecule has 144 valence electrons. The van der Waals surface area contributed by atoms with E-state index in [9.17, 15) is 9.59 Å². The van der Waals surface area contributed by atoms with Gasteiger partial charge in [0.05, 0.1) is 18.6 Å². The van der Waals surface area contributed by atoms with Gasteiger partial charge in [0.1, 0.15) is 5.75 Å². The minimum Gasteiger partial charge on any atom is -0.495 e. The summed E-state index contributed by atoms with van der Waals surface area (Å²) in [6.45, 7) is 1.92. The molecule has 0 aliphatic heterocycles. The Hall–Kier alpha value is -2.84. The second kappa shape index (κ2) is 9.38. The Kier molecular flexibility index (Phi) is 6.67. The maximum Gasteiger partial charge on any atom is 0.255 e. The third-order valence-electron chi connectivity index (χ3n) is 3.71. The number of thiazole rings is 1. The molecule has 6 nitrogen and oxygen atoms in total. The van der Waals surface area contributed by atoms with Crippen molar-refractivity contribution < 1.29 is 14.3 Å². The van der Waals surface area contributed by atoms with E-state index >= 15 is 0 Å². The Morgan fingerprint density at radius 1 is 1.11 bits per heavy atom. The fourth-order valence-corrected chi connectivity index (χ4v) is 4.02. The van der Waals surface area contributed by atoms with E-state index in [0.717, 1.165) is 10.0 Å². The van der Waals surface area contributed by atoms with Crippen LogP contribution in [-0.2, 0) is 4.79 Å². The third kappa shape index (κ3) is 5.34. The van der Waals surface area contributed by atoms with Gasteiger partial charge >= 0.3 is 0 Å². The topological polar surface area (TPSA) is 80.3 Å². The Morgan fingerprint density at radius 3 is 2.54 bits per heavy atom. The van der Waals surface area contributed by atoms with E-state index in [2.05, 4.69) is 15.6 Å². The number of thioether (sulfide) groups is 1. The Balaban J connectivity index is 1.55. The van der Waals surface area contributed by atoms with E-state index in [-0.39, 0.29) is 17.6 Å². The lowest BCUT2D eigenvalue weighted by Crippen LogP contribution is -2.15. The number of para-hydroxylation sites is 2. The maximum atomic E-state index is 12.4. The molecule has 0 bridgehead atoms. The number of amides is 2. The monoisotopic (exact) mass is 413 g/mol. The summed E-state index contributed by atoms with van der Waals surface area (Å²) < 4.78 is 6.10. The van der Waals surface area contributed by atoms with E-state index in [1.807, 2.05) is 24.4 Å². The molecule has 0 fully saturated rings. The number of aryl methyl sites for hydroxylation is 1. The quantitative estimate of drug-likeness (QED) is 0.560. The van der Waals surface area contributed by atoms with Crippen LogP contribution in [-0.4, -0.2) is 29.7 Å². The summed E-state index contributed by atoms with van der Waals surface area (Å²) in [5.74, 6) is 0.497. The van der Waals surface area contributed by atoms with Gasteiger partial charge in [-0.1, -0.05) is 23.9 Å². The number of methoxy groups -OCH3 is 1. The highest BCUT2D eigenvalue weighted by atomic mass is 32.2. The molecular formula is C20H19N3O3S2. The lowest BCUT2D eigenvalue weighted by molar-refractivity contribution is -0.113. The van der Waals surface area contributed by atoms with Crippen LogP contribution < -0.4 is 15.4 Å². The van der Waals surface area contributed by atoms with Crippen molar-refractivity contribution in [2.75, 3.05) is 23.5 Å². The molecule has 1 heterocycles. The molecule has 0 atom stereocenters. The normalized spacial score (nSPS) is 10.4. The molecule has 0 spiro atoms. The number of hydrogen-bond donors (Lipinski definition) is 2. The number of rotatable bonds is 7. The number of ether oxygens (including phenoxy) is 1. The molecule has 2 N–H and O–H groups in total. The number of nitrogens with zero attached hydrogens (tertiary/aromatic N) is 1. The van der Waals surface area contributed by atoms with Crippen molar-refractivity contribution in [2.45, 2.75) is 11.3 Å². The van der Waals surface area contributed by atoms with Crippen LogP contribution in [0.5, 0.6) is 5.75 Å². The molecule has 0 saturated carbocycles. The summed E-state index contributed by atoms with van der Waals surface area (Å²) in [4.78, 5) is 28.8. The lowest BCUT2D eigenvalue weighted by atomic mass is 10.2. The van der Waals surface area contributed by atoms with Gasteiger partial charge in [-0.05, 0) is 43.3 Å². The predicted molar refractivity (Wildman–Crippen MR) is 114 cm³/mol. The second-order valence-electron chi connectivity index (χ2n) is 5.82. The van der Waals surface area contributed by atoms with E-state index in [1.54, 1.807) is 43.5 Å². The van der Waals surface area contributed by atoms with Crippen LogP contribution in [0.3, 0.4) is 0 Å². The van der Waals surface area contributed by atoms with Crippen molar-refractivity contribution in [3.05, 3.63) is 65.2 Å². The van der Waals surface area contributed by atoms with Crippen molar-refractivity contribution in [1.82, 2.24) is 4.98 Å². The van der Waals surface area contributed by atoms with Crippen molar-refractivity contribution in [2.24, 2.45) is 0 Å². The molecule has 8 heteroatoms. The molecular weight excluding hydrogens is 394 g/mol. The van der Waals surface area contributed by atoms with E-state index in [0.29, 0.717) is 22.7 Å². The molecule has 0 radical (unpaired) electrons. The molecule has 3 aromatic rings. The van der Waals surface area contributed by atoms with Crippen molar-refractivity contribution in [3.8, 4) is 5.75 Å². The van der Waals surface area contributed by atoms with Gasteiger partial charge in [0.2, 0.25) is 5.91 Å². The summed E-state index contributed by atoms with van der Waals surface area (Å²) in [6.07, 6.45) is 0. The highest BCUT2D eigenvalue weighted by Crippen LogP contribution is 2.24. The largest absolute Gasteiger partial charge is 0.495 e. The predicted octanol–water partition coefficient (Wildman–Crippen LogP) is 4.44. The second-order valence-corrected chi connectivity index (χ2v) is 7.90. The highest BCUT2D eigenvalue weighted by Gasteiger charge is 2.10. The summed E-state index contributed by atoms with van der Waals surface area (Å²) in [5.41, 5.74) is 2.67. The lowest BCUT2D eigenvalue weighted by Gasteiger charge is -2.10. The summed E-state index contributed by atoms with van der Waals surface area (Å²) in [7, 11) is 1.55. The SMILES string of the molecule is COc1ccccc1NC(=O)c1ccc(NC(=O)CSc2nc(C)cs2)cc1. The summed E-state index contributed by atoms with van der Waals surface area (Å²) in [6, 6.07) is 13.9. The first-order valence-corrected chi connectivity index (χ1v) is 10.3. The fourth-order valence-electron chi connectivity index (χ4n) is 2.37. The summed E-state index contributed by atoms with van der Waals surface area (Å²) >= 11 is 2.93. The Morgan fingerprint density at radius 2 is 1.86 bits per heavy atom. The van der Waals surface area contributed by atoms with Gasteiger partial charge in [-0.25, -0.2) is 4.98 Å². The molecule has 28 heavy (non-hydrogen) atoms. The van der Waals surface area contributed by atoms with Crippen molar-refractivity contribution in [3.63, 3.8) is 0 Å². The van der Waals surface area contributed by atoms with Gasteiger partial charge in [0.15, 0.2) is 4.34 Å². The van der Waals surface area contributed by atoms with Crippen LogP contribution in [0, 0.1) is 6.92 Å². The van der Waals surface area contributed by atoms with Crippen LogP contribution in [0.2, 0.25) is 0 Å². The zero-order valence-electron chi connectivity index (χ0n) is 15.4. The highest BCUT2D eigenvalue weighted by molar-refractivity contribution is 8.01. The molecule has 0 aliphatic carbocycles. The number of hydrogen-bond acceptors (Lipinski definition) is 6. The first kappa shape index (κ1) is 19.9. The molecule has 1 aromatic heterocycles.